The molecule has 1 aromatic carbocycles. The molecule has 0 bridgehead atoms. The van der Waals surface area contributed by atoms with E-state index in [0.29, 0.717) is 11.4 Å². The van der Waals surface area contributed by atoms with Gasteiger partial charge in [0.25, 0.3) is 0 Å². The van der Waals surface area contributed by atoms with Crippen LogP contribution in [0.4, 0.5) is 5.69 Å². The van der Waals surface area contributed by atoms with E-state index < -0.39 is 0 Å². The lowest BCUT2D eigenvalue weighted by molar-refractivity contribution is -0.117. The number of nitrogens with one attached hydrogen (secondary N) is 1. The van der Waals surface area contributed by atoms with Crippen LogP contribution in [0.15, 0.2) is 18.2 Å². The zero-order valence-electron chi connectivity index (χ0n) is 10.0. The van der Waals surface area contributed by atoms with Crippen molar-refractivity contribution in [3.63, 3.8) is 0 Å². The molecular weight excluding hydrogens is 363 g/mol. The fraction of sp³-hybridized carbons (Fsp3) is 0.462. The lowest BCUT2D eigenvalue weighted by Crippen LogP contribution is -2.40. The van der Waals surface area contributed by atoms with Crippen LogP contribution in [0.2, 0.25) is 5.02 Å². The maximum Gasteiger partial charge on any atom is 0.226 e. The van der Waals surface area contributed by atoms with Crippen LogP contribution in [0.5, 0.6) is 0 Å². The monoisotopic (exact) mass is 378 g/mol. The first-order chi connectivity index (χ1) is 8.48. The van der Waals surface area contributed by atoms with E-state index in [4.69, 9.17) is 17.3 Å². The summed E-state index contributed by atoms with van der Waals surface area (Å²) in [5.41, 5.74) is 6.69. The Labute approximate surface area is 126 Å². The Bertz CT molecular complexity index is 458. The minimum Gasteiger partial charge on any atom is -0.325 e. The fourth-order valence-electron chi connectivity index (χ4n) is 2.36. The van der Waals surface area contributed by atoms with Gasteiger partial charge in [-0.25, -0.2) is 0 Å². The zero-order valence-corrected chi connectivity index (χ0v) is 12.9. The van der Waals surface area contributed by atoms with Gasteiger partial charge in [0.1, 0.15) is 0 Å². The van der Waals surface area contributed by atoms with Gasteiger partial charge in [-0.3, -0.25) is 4.79 Å². The van der Waals surface area contributed by atoms with Crippen LogP contribution >= 0.6 is 34.2 Å². The van der Waals surface area contributed by atoms with Crippen LogP contribution in [0.1, 0.15) is 32.1 Å². The summed E-state index contributed by atoms with van der Waals surface area (Å²) < 4.78 is 0.936. The molecular formula is C13H16ClIN2O. The van der Waals surface area contributed by atoms with Gasteiger partial charge in [-0.05, 0) is 53.6 Å². The molecule has 0 spiro atoms. The van der Waals surface area contributed by atoms with E-state index in [2.05, 4.69) is 27.9 Å². The summed E-state index contributed by atoms with van der Waals surface area (Å²) in [5, 5.41) is 3.57. The minimum absolute atomic E-state index is 0.0142. The fourth-order valence-corrected chi connectivity index (χ4v) is 3.37. The topological polar surface area (TPSA) is 55.1 Å². The average Bonchev–Trinajstić information content (AvgIpc) is 2.69. The third-order valence-electron chi connectivity index (χ3n) is 3.32. The SMILES string of the molecule is NC1(CC(=O)Nc2ccc(Cl)cc2I)CCCC1. The molecule has 98 valence electrons. The third-order valence-corrected chi connectivity index (χ3v) is 4.44. The second-order valence-electron chi connectivity index (χ2n) is 4.92. The Morgan fingerprint density at radius 2 is 2.11 bits per heavy atom. The molecule has 1 amide bonds. The predicted octanol–water partition coefficient (Wildman–Crippen LogP) is 3.54. The second-order valence-corrected chi connectivity index (χ2v) is 6.52. The zero-order chi connectivity index (χ0) is 13.2. The van der Waals surface area contributed by atoms with Crippen molar-refractivity contribution in [1.82, 2.24) is 0 Å². The standard InChI is InChI=1S/C13H16ClIN2O/c14-9-3-4-11(10(15)7-9)17-12(18)8-13(16)5-1-2-6-13/h3-4,7H,1-2,5-6,8,16H2,(H,17,18). The second kappa shape index (κ2) is 5.75. The molecule has 0 heterocycles. The van der Waals surface area contributed by atoms with Gasteiger partial charge < -0.3 is 11.1 Å². The number of carbonyl (C=O) groups excluding carboxylic acids is 1. The minimum atomic E-state index is -0.304. The first-order valence-electron chi connectivity index (χ1n) is 6.02. The summed E-state index contributed by atoms with van der Waals surface area (Å²) in [4.78, 5) is 12.0. The summed E-state index contributed by atoms with van der Waals surface area (Å²) in [6, 6.07) is 5.42. The molecule has 1 aliphatic carbocycles. The van der Waals surface area contributed by atoms with E-state index in [0.717, 1.165) is 34.9 Å². The van der Waals surface area contributed by atoms with Crippen molar-refractivity contribution in [1.29, 1.82) is 0 Å². The van der Waals surface area contributed by atoms with E-state index in [-0.39, 0.29) is 11.4 Å². The number of hydrogen-bond acceptors (Lipinski definition) is 2. The van der Waals surface area contributed by atoms with Gasteiger partial charge in [0, 0.05) is 20.6 Å². The Balaban J connectivity index is 1.98. The molecule has 0 unspecified atom stereocenters. The summed E-state index contributed by atoms with van der Waals surface area (Å²) in [6.07, 6.45) is 4.53. The molecule has 18 heavy (non-hydrogen) atoms. The van der Waals surface area contributed by atoms with E-state index in [1.807, 2.05) is 12.1 Å². The number of carbonyl (C=O) groups is 1. The smallest absolute Gasteiger partial charge is 0.226 e. The summed E-state index contributed by atoms with van der Waals surface area (Å²) >= 11 is 8.03. The van der Waals surface area contributed by atoms with Crippen molar-refractivity contribution < 1.29 is 4.79 Å². The summed E-state index contributed by atoms with van der Waals surface area (Å²) in [5.74, 6) is -0.0142. The van der Waals surface area contributed by atoms with Gasteiger partial charge in [0.05, 0.1) is 5.69 Å². The van der Waals surface area contributed by atoms with Crippen molar-refractivity contribution in [2.45, 2.75) is 37.6 Å². The molecule has 2 rings (SSSR count). The highest BCUT2D eigenvalue weighted by atomic mass is 127. The molecule has 0 radical (unpaired) electrons. The van der Waals surface area contributed by atoms with E-state index in [1.165, 1.54) is 0 Å². The van der Waals surface area contributed by atoms with Gasteiger partial charge in [-0.15, -0.1) is 0 Å². The lowest BCUT2D eigenvalue weighted by Gasteiger charge is -2.22. The van der Waals surface area contributed by atoms with Crippen molar-refractivity contribution in [2.24, 2.45) is 5.73 Å². The molecule has 1 aromatic rings. The molecule has 0 atom stereocenters. The largest absolute Gasteiger partial charge is 0.325 e. The predicted molar refractivity (Wildman–Crippen MR) is 82.8 cm³/mol. The van der Waals surface area contributed by atoms with E-state index >= 15 is 0 Å². The summed E-state index contributed by atoms with van der Waals surface area (Å²) in [7, 11) is 0. The molecule has 0 saturated heterocycles. The van der Waals surface area contributed by atoms with Gasteiger partial charge in [-0.1, -0.05) is 24.4 Å². The van der Waals surface area contributed by atoms with Crippen molar-refractivity contribution in [3.8, 4) is 0 Å². The highest BCUT2D eigenvalue weighted by molar-refractivity contribution is 14.1. The number of benzene rings is 1. The quantitative estimate of drug-likeness (QED) is 0.790. The maximum absolute atomic E-state index is 12.0. The molecule has 3 N–H and O–H groups in total. The van der Waals surface area contributed by atoms with Gasteiger partial charge >= 0.3 is 0 Å². The first-order valence-corrected chi connectivity index (χ1v) is 7.48. The number of halogens is 2. The summed E-state index contributed by atoms with van der Waals surface area (Å²) in [6.45, 7) is 0. The molecule has 1 aliphatic rings. The molecule has 0 aliphatic heterocycles. The Morgan fingerprint density at radius 1 is 1.44 bits per heavy atom. The van der Waals surface area contributed by atoms with Crippen LogP contribution in [0.25, 0.3) is 0 Å². The van der Waals surface area contributed by atoms with Gasteiger partial charge in [0.15, 0.2) is 0 Å². The average molecular weight is 379 g/mol. The normalized spacial score (nSPS) is 17.7. The molecule has 5 heteroatoms. The van der Waals surface area contributed by atoms with Crippen molar-refractivity contribution >= 4 is 45.8 Å². The Morgan fingerprint density at radius 3 is 2.72 bits per heavy atom. The van der Waals surface area contributed by atoms with Crippen LogP contribution in [-0.2, 0) is 4.79 Å². The number of anilines is 1. The van der Waals surface area contributed by atoms with Gasteiger partial charge in [-0.2, -0.15) is 0 Å². The van der Waals surface area contributed by atoms with E-state index in [1.54, 1.807) is 6.07 Å². The van der Waals surface area contributed by atoms with Crippen molar-refractivity contribution in [3.05, 3.63) is 26.8 Å². The molecule has 1 saturated carbocycles. The van der Waals surface area contributed by atoms with E-state index in [9.17, 15) is 4.79 Å². The molecule has 0 aromatic heterocycles. The van der Waals surface area contributed by atoms with Gasteiger partial charge in [0.2, 0.25) is 5.91 Å². The third kappa shape index (κ3) is 3.59. The van der Waals surface area contributed by atoms with Crippen molar-refractivity contribution in [2.75, 3.05) is 5.32 Å². The number of hydrogen-bond donors (Lipinski definition) is 2. The Kier molecular flexibility index (Phi) is 4.50. The highest BCUT2D eigenvalue weighted by Crippen LogP contribution is 2.30. The van der Waals surface area contributed by atoms with Crippen LogP contribution in [0, 0.1) is 3.57 Å². The number of amides is 1. The van der Waals surface area contributed by atoms with Crippen LogP contribution in [-0.4, -0.2) is 11.4 Å². The lowest BCUT2D eigenvalue weighted by atomic mass is 9.94. The number of rotatable bonds is 3. The highest BCUT2D eigenvalue weighted by Gasteiger charge is 2.31. The van der Waals surface area contributed by atoms with Crippen LogP contribution in [0.3, 0.4) is 0 Å². The van der Waals surface area contributed by atoms with Crippen LogP contribution < -0.4 is 11.1 Å². The maximum atomic E-state index is 12.0. The Hall–Kier alpha value is -0.330. The number of nitrogens with two attached hydrogens (primary N) is 1. The molecule has 1 fully saturated rings. The first kappa shape index (κ1) is 14.1. The molecule has 3 nitrogen and oxygen atoms in total.